The lowest BCUT2D eigenvalue weighted by molar-refractivity contribution is -0.143. The van der Waals surface area contributed by atoms with Crippen molar-refractivity contribution in [3.63, 3.8) is 0 Å². The molecule has 0 fully saturated rings. The molecule has 7 nitrogen and oxygen atoms in total. The number of pyridine rings is 1. The van der Waals surface area contributed by atoms with Crippen molar-refractivity contribution in [2.24, 2.45) is 5.73 Å². The lowest BCUT2D eigenvalue weighted by atomic mass is 10.3. The van der Waals surface area contributed by atoms with Gasteiger partial charge in [-0.1, -0.05) is 6.07 Å². The molecule has 0 saturated heterocycles. The number of nitrogens with zero attached hydrogens (tertiary/aromatic N) is 1. The fraction of sp³-hybridized carbons (Fsp3) is 0.200. The molecule has 0 aromatic carbocycles. The van der Waals surface area contributed by atoms with E-state index in [1.807, 2.05) is 0 Å². The summed E-state index contributed by atoms with van der Waals surface area (Å²) in [6.45, 7) is 0. The molecule has 0 aliphatic heterocycles. The number of carboxylic acid groups (broad SMARTS) is 2. The highest BCUT2D eigenvalue weighted by Gasteiger charge is 2.00. The summed E-state index contributed by atoms with van der Waals surface area (Å²) < 4.78 is 0. The number of nitrogens with two attached hydrogens (primary N) is 1. The second-order valence-electron chi connectivity index (χ2n) is 2.87. The van der Waals surface area contributed by atoms with Crippen molar-refractivity contribution in [2.75, 3.05) is 0 Å². The van der Waals surface area contributed by atoms with Crippen molar-refractivity contribution in [3.8, 4) is 0 Å². The number of rotatable bonds is 4. The summed E-state index contributed by atoms with van der Waals surface area (Å²) in [5, 5.41) is 15.8. The number of primary amides is 1. The molecule has 0 aliphatic rings. The van der Waals surface area contributed by atoms with Gasteiger partial charge in [-0.05, 0) is 12.1 Å². The number of aromatic nitrogens is 1. The smallest absolute Gasteiger partial charge is 0.303 e. The predicted molar refractivity (Wildman–Crippen MR) is 57.3 cm³/mol. The Hall–Kier alpha value is -2.44. The standard InChI is InChI=1S/C6H6N2O.C4H6O4/c7-6(9)5-3-1-2-4-8-5;5-3(6)1-2-4(7)8/h1-4H,(H2,7,9);1-2H2,(H,5,6)(H,7,8). The van der Waals surface area contributed by atoms with Gasteiger partial charge in [0.1, 0.15) is 5.69 Å². The number of carbonyl (C=O) groups excluding carboxylic acids is 1. The second kappa shape index (κ2) is 7.80. The zero-order chi connectivity index (χ0) is 13.3. The topological polar surface area (TPSA) is 131 Å². The number of aliphatic carboxylic acids is 2. The van der Waals surface area contributed by atoms with Crippen LogP contribution in [0.25, 0.3) is 0 Å². The van der Waals surface area contributed by atoms with Crippen LogP contribution in [-0.4, -0.2) is 33.0 Å². The maximum atomic E-state index is 10.4. The first-order valence-corrected chi connectivity index (χ1v) is 4.58. The summed E-state index contributed by atoms with van der Waals surface area (Å²) in [5.41, 5.74) is 5.22. The Balaban J connectivity index is 0.000000304. The summed E-state index contributed by atoms with van der Waals surface area (Å²) in [4.78, 5) is 33.3. The molecule has 1 aromatic rings. The van der Waals surface area contributed by atoms with Gasteiger partial charge in [-0.3, -0.25) is 19.4 Å². The van der Waals surface area contributed by atoms with Gasteiger partial charge in [0, 0.05) is 6.20 Å². The molecule has 1 rings (SSSR count). The molecule has 0 spiro atoms. The highest BCUT2D eigenvalue weighted by molar-refractivity contribution is 5.90. The van der Waals surface area contributed by atoms with Gasteiger partial charge < -0.3 is 15.9 Å². The maximum absolute atomic E-state index is 10.4. The molecule has 0 radical (unpaired) electrons. The van der Waals surface area contributed by atoms with E-state index in [2.05, 4.69) is 4.98 Å². The van der Waals surface area contributed by atoms with Gasteiger partial charge in [-0.25, -0.2) is 0 Å². The first-order valence-electron chi connectivity index (χ1n) is 4.58. The highest BCUT2D eigenvalue weighted by Crippen LogP contribution is 1.89. The van der Waals surface area contributed by atoms with Gasteiger partial charge in [0.05, 0.1) is 12.8 Å². The summed E-state index contributed by atoms with van der Waals surface area (Å²) in [5.74, 6) is -2.64. The van der Waals surface area contributed by atoms with Crippen LogP contribution in [0.4, 0.5) is 0 Å². The Labute approximate surface area is 96.9 Å². The molecule has 0 saturated carbocycles. The molecule has 0 aliphatic carbocycles. The minimum Gasteiger partial charge on any atom is -0.481 e. The van der Waals surface area contributed by atoms with Crippen LogP contribution < -0.4 is 5.73 Å². The monoisotopic (exact) mass is 240 g/mol. The summed E-state index contributed by atoms with van der Waals surface area (Å²) in [6.07, 6.45) is 0.935. The van der Waals surface area contributed by atoms with E-state index in [0.717, 1.165) is 0 Å². The molecule has 92 valence electrons. The van der Waals surface area contributed by atoms with E-state index >= 15 is 0 Å². The van der Waals surface area contributed by atoms with Crippen LogP contribution in [-0.2, 0) is 9.59 Å². The van der Waals surface area contributed by atoms with Gasteiger partial charge in [-0.2, -0.15) is 0 Å². The largest absolute Gasteiger partial charge is 0.481 e. The minimum atomic E-state index is -1.08. The normalized spacial score (nSPS) is 8.71. The Bertz CT molecular complexity index is 377. The van der Waals surface area contributed by atoms with Gasteiger partial charge in [0.2, 0.25) is 0 Å². The Morgan fingerprint density at radius 2 is 1.65 bits per heavy atom. The SMILES string of the molecule is NC(=O)c1ccccn1.O=C(O)CCC(=O)O. The average Bonchev–Trinajstić information content (AvgIpc) is 2.28. The number of amides is 1. The van der Waals surface area contributed by atoms with Crippen LogP contribution >= 0.6 is 0 Å². The van der Waals surface area contributed by atoms with Crippen LogP contribution in [0, 0.1) is 0 Å². The Kier molecular flexibility index (Phi) is 6.68. The summed E-state index contributed by atoms with van der Waals surface area (Å²) >= 11 is 0. The summed E-state index contributed by atoms with van der Waals surface area (Å²) in [7, 11) is 0. The van der Waals surface area contributed by atoms with Crippen molar-refractivity contribution >= 4 is 17.8 Å². The van der Waals surface area contributed by atoms with Gasteiger partial charge in [0.15, 0.2) is 0 Å². The number of hydrogen-bond acceptors (Lipinski definition) is 4. The molecule has 7 heteroatoms. The van der Waals surface area contributed by atoms with E-state index in [1.54, 1.807) is 18.2 Å². The van der Waals surface area contributed by atoms with Crippen LogP contribution in [0.3, 0.4) is 0 Å². The van der Waals surface area contributed by atoms with E-state index in [9.17, 15) is 14.4 Å². The van der Waals surface area contributed by atoms with E-state index < -0.39 is 17.8 Å². The van der Waals surface area contributed by atoms with Gasteiger partial charge in [0.25, 0.3) is 5.91 Å². The van der Waals surface area contributed by atoms with E-state index in [4.69, 9.17) is 15.9 Å². The van der Waals surface area contributed by atoms with Gasteiger partial charge in [-0.15, -0.1) is 0 Å². The average molecular weight is 240 g/mol. The van der Waals surface area contributed by atoms with Crippen LogP contribution in [0.2, 0.25) is 0 Å². The predicted octanol–water partition coefficient (Wildman–Crippen LogP) is 0.116. The Morgan fingerprint density at radius 1 is 1.12 bits per heavy atom. The third kappa shape index (κ3) is 8.55. The first kappa shape index (κ1) is 14.6. The van der Waals surface area contributed by atoms with E-state index in [1.165, 1.54) is 6.20 Å². The van der Waals surface area contributed by atoms with Crippen molar-refractivity contribution in [3.05, 3.63) is 30.1 Å². The third-order valence-corrected chi connectivity index (χ3v) is 1.47. The number of carbonyl (C=O) groups is 3. The molecule has 0 unspecified atom stereocenters. The number of hydrogen-bond donors (Lipinski definition) is 3. The second-order valence-corrected chi connectivity index (χ2v) is 2.87. The molecule has 1 heterocycles. The molecule has 0 bridgehead atoms. The molecule has 0 atom stereocenters. The van der Waals surface area contributed by atoms with Crippen molar-refractivity contribution in [2.45, 2.75) is 12.8 Å². The van der Waals surface area contributed by atoms with E-state index in [-0.39, 0.29) is 12.8 Å². The maximum Gasteiger partial charge on any atom is 0.303 e. The molecule has 4 N–H and O–H groups in total. The molecule has 1 aromatic heterocycles. The fourth-order valence-corrected chi connectivity index (χ4v) is 0.722. The lowest BCUT2D eigenvalue weighted by Gasteiger charge is -1.88. The van der Waals surface area contributed by atoms with Crippen molar-refractivity contribution in [1.82, 2.24) is 4.98 Å². The van der Waals surface area contributed by atoms with Crippen LogP contribution in [0.5, 0.6) is 0 Å². The van der Waals surface area contributed by atoms with E-state index in [0.29, 0.717) is 5.69 Å². The zero-order valence-electron chi connectivity index (χ0n) is 8.87. The molecule has 17 heavy (non-hydrogen) atoms. The molecular weight excluding hydrogens is 228 g/mol. The highest BCUT2D eigenvalue weighted by atomic mass is 16.4. The van der Waals surface area contributed by atoms with Crippen molar-refractivity contribution in [1.29, 1.82) is 0 Å². The first-order chi connectivity index (χ1) is 7.93. The quantitative estimate of drug-likeness (QED) is 0.684. The lowest BCUT2D eigenvalue weighted by Crippen LogP contribution is -2.12. The third-order valence-electron chi connectivity index (χ3n) is 1.47. The zero-order valence-corrected chi connectivity index (χ0v) is 8.87. The van der Waals surface area contributed by atoms with Gasteiger partial charge >= 0.3 is 11.9 Å². The summed E-state index contributed by atoms with van der Waals surface area (Å²) in [6, 6.07) is 5.02. The van der Waals surface area contributed by atoms with Crippen molar-refractivity contribution < 1.29 is 24.6 Å². The number of carboxylic acids is 2. The minimum absolute atomic E-state index is 0.296. The van der Waals surface area contributed by atoms with Crippen LogP contribution in [0.1, 0.15) is 23.3 Å². The molecular formula is C10H12N2O5. The Morgan fingerprint density at radius 3 is 1.88 bits per heavy atom. The fourth-order valence-electron chi connectivity index (χ4n) is 0.722. The van der Waals surface area contributed by atoms with Crippen LogP contribution in [0.15, 0.2) is 24.4 Å². The molecule has 1 amide bonds.